The van der Waals surface area contributed by atoms with Crippen LogP contribution in [0.25, 0.3) is 0 Å². The molecule has 6 nitrogen and oxygen atoms in total. The van der Waals surface area contributed by atoms with E-state index in [0.717, 1.165) is 51.4 Å². The van der Waals surface area contributed by atoms with Crippen LogP contribution in [-0.4, -0.2) is 45.5 Å². The van der Waals surface area contributed by atoms with Gasteiger partial charge in [-0.15, -0.1) is 23.2 Å². The molecular weight excluding hydrogens is 598 g/mol. The van der Waals surface area contributed by atoms with Crippen LogP contribution in [0, 0.1) is 0 Å². The Hall–Kier alpha value is -1.60. The fourth-order valence-corrected chi connectivity index (χ4v) is 5.89. The van der Waals surface area contributed by atoms with E-state index in [-0.39, 0.29) is 34.5 Å². The van der Waals surface area contributed by atoms with E-state index in [9.17, 15) is 19.2 Å². The minimum absolute atomic E-state index is 0.0264. The molecule has 10 heteroatoms. The summed E-state index contributed by atoms with van der Waals surface area (Å²) in [6.45, 7) is 4.19. The van der Waals surface area contributed by atoms with Gasteiger partial charge in [0, 0.05) is 12.8 Å². The first-order chi connectivity index (χ1) is 19.0. The number of Topliss-reactive ketones (excluding diaryl/α,β-unsaturated/α-hetero) is 2. The molecule has 0 amide bonds. The minimum Gasteiger partial charge on any atom is -0.445 e. The van der Waals surface area contributed by atoms with Crippen molar-refractivity contribution in [2.45, 2.75) is 113 Å². The third kappa shape index (κ3) is 9.20. The zero-order valence-electron chi connectivity index (χ0n) is 23.1. The molecule has 2 aliphatic rings. The smallest absolute Gasteiger partial charge is 0.418 e. The highest BCUT2D eigenvalue weighted by Gasteiger charge is 2.50. The molecule has 222 valence electrons. The molecule has 0 heterocycles. The van der Waals surface area contributed by atoms with E-state index in [1.165, 1.54) is 36.5 Å². The summed E-state index contributed by atoms with van der Waals surface area (Å²) in [5.74, 6) is -3.66. The van der Waals surface area contributed by atoms with Crippen LogP contribution in [0.15, 0.2) is 46.5 Å². The quantitative estimate of drug-likeness (QED) is 0.0739. The van der Waals surface area contributed by atoms with Crippen molar-refractivity contribution < 1.29 is 28.7 Å². The van der Waals surface area contributed by atoms with E-state index in [4.69, 9.17) is 55.9 Å². The van der Waals surface area contributed by atoms with Crippen LogP contribution in [0.5, 0.6) is 0 Å². The van der Waals surface area contributed by atoms with Crippen LogP contribution in [0.4, 0.5) is 0 Å². The van der Waals surface area contributed by atoms with Crippen molar-refractivity contribution in [2.24, 2.45) is 0 Å². The number of unbranched alkanes of at least 4 members (excludes halogenated alkanes) is 8. The molecule has 0 saturated carbocycles. The second-order valence-electron chi connectivity index (χ2n) is 10.1. The molecule has 0 radical (unpaired) electrons. The Labute approximate surface area is 257 Å². The van der Waals surface area contributed by atoms with E-state index in [2.05, 4.69) is 13.8 Å². The summed E-state index contributed by atoms with van der Waals surface area (Å²) < 4.78 is 10.7. The van der Waals surface area contributed by atoms with Gasteiger partial charge in [0.1, 0.15) is 0 Å². The first kappa shape index (κ1) is 34.6. The van der Waals surface area contributed by atoms with Crippen molar-refractivity contribution in [3.63, 3.8) is 0 Å². The van der Waals surface area contributed by atoms with Crippen LogP contribution < -0.4 is 0 Å². The number of ketones is 2. The Bertz CT molecular complexity index is 967. The number of halogens is 4. The Kier molecular flexibility index (Phi) is 14.5. The highest BCUT2D eigenvalue weighted by molar-refractivity contribution is 6.42. The zero-order chi connectivity index (χ0) is 29.8. The van der Waals surface area contributed by atoms with Gasteiger partial charge in [-0.3, -0.25) is 9.59 Å². The van der Waals surface area contributed by atoms with E-state index in [0.29, 0.717) is 12.8 Å². The molecule has 0 bridgehead atoms. The molecule has 40 heavy (non-hydrogen) atoms. The summed E-state index contributed by atoms with van der Waals surface area (Å²) in [7, 11) is 0. The number of allylic oxidation sites excluding steroid dienone is 4. The lowest BCUT2D eigenvalue weighted by molar-refractivity contribution is -0.173. The lowest BCUT2D eigenvalue weighted by Crippen LogP contribution is -2.50. The van der Waals surface area contributed by atoms with Crippen molar-refractivity contribution in [3.8, 4) is 0 Å². The minimum atomic E-state index is -1.78. The van der Waals surface area contributed by atoms with Gasteiger partial charge in [0.2, 0.25) is 0 Å². The standard InChI is InChI=1S/C30H38Cl4O6/c1-3-5-7-9-11-17-23(35)29(33)19-13-15-21(31)25(29)39-27(37)28(38)40-26-22(32)16-14-20-30(26,34)24(36)18-12-10-8-6-4-2/h13-16,19-20,25-26H,3-12,17-18H2,1-2H3. The summed E-state index contributed by atoms with van der Waals surface area (Å²) >= 11 is 25.9. The van der Waals surface area contributed by atoms with E-state index >= 15 is 0 Å². The molecule has 0 saturated heterocycles. The lowest BCUT2D eigenvalue weighted by atomic mass is 9.88. The number of alkyl halides is 2. The Balaban J connectivity index is 2.09. The van der Waals surface area contributed by atoms with E-state index in [1.54, 1.807) is 0 Å². The molecule has 0 N–H and O–H groups in total. The fourth-order valence-electron chi connectivity index (χ4n) is 4.55. The van der Waals surface area contributed by atoms with Gasteiger partial charge in [0.25, 0.3) is 0 Å². The lowest BCUT2D eigenvalue weighted by Gasteiger charge is -2.34. The number of hydrogen-bond donors (Lipinski definition) is 0. The van der Waals surface area contributed by atoms with Gasteiger partial charge in [-0.05, 0) is 25.0 Å². The Morgan fingerprint density at radius 1 is 0.650 bits per heavy atom. The molecule has 2 rings (SSSR count). The van der Waals surface area contributed by atoms with Crippen LogP contribution in [0.2, 0.25) is 0 Å². The van der Waals surface area contributed by atoms with Gasteiger partial charge in [-0.25, -0.2) is 9.59 Å². The summed E-state index contributed by atoms with van der Waals surface area (Å²) in [6, 6.07) is 0. The largest absolute Gasteiger partial charge is 0.445 e. The van der Waals surface area contributed by atoms with Crippen LogP contribution in [-0.2, 0) is 28.7 Å². The molecular formula is C30H38Cl4O6. The zero-order valence-corrected chi connectivity index (χ0v) is 26.1. The maximum atomic E-state index is 13.1. The number of hydrogen-bond acceptors (Lipinski definition) is 6. The molecule has 0 spiro atoms. The summed E-state index contributed by atoms with van der Waals surface area (Å²) in [5, 5.41) is -0.0529. The maximum absolute atomic E-state index is 13.1. The van der Waals surface area contributed by atoms with Crippen molar-refractivity contribution in [1.82, 2.24) is 0 Å². The highest BCUT2D eigenvalue weighted by atomic mass is 35.5. The number of ether oxygens (including phenoxy) is 2. The third-order valence-electron chi connectivity index (χ3n) is 6.94. The molecule has 0 aromatic rings. The number of carbonyl (C=O) groups is 4. The van der Waals surface area contributed by atoms with Crippen molar-refractivity contribution in [2.75, 3.05) is 0 Å². The molecule has 0 aromatic heterocycles. The van der Waals surface area contributed by atoms with Gasteiger partial charge in [-0.1, -0.05) is 113 Å². The molecule has 0 aliphatic heterocycles. The number of carbonyl (C=O) groups excluding carboxylic acids is 4. The van der Waals surface area contributed by atoms with Gasteiger partial charge in [-0.2, -0.15) is 0 Å². The first-order valence-electron chi connectivity index (χ1n) is 14.0. The Morgan fingerprint density at radius 3 is 1.35 bits per heavy atom. The fraction of sp³-hybridized carbons (Fsp3) is 0.600. The van der Waals surface area contributed by atoms with Crippen molar-refractivity contribution in [1.29, 1.82) is 0 Å². The van der Waals surface area contributed by atoms with E-state index < -0.39 is 33.9 Å². The predicted molar refractivity (Wildman–Crippen MR) is 160 cm³/mol. The number of esters is 2. The summed E-state index contributed by atoms with van der Waals surface area (Å²) in [6.07, 6.45) is 15.3. The van der Waals surface area contributed by atoms with Crippen LogP contribution in [0.1, 0.15) is 90.9 Å². The van der Waals surface area contributed by atoms with Crippen LogP contribution >= 0.6 is 46.4 Å². The second kappa shape index (κ2) is 16.7. The summed E-state index contributed by atoms with van der Waals surface area (Å²) in [4.78, 5) is 48.3. The molecule has 4 atom stereocenters. The average molecular weight is 636 g/mol. The van der Waals surface area contributed by atoms with Gasteiger partial charge < -0.3 is 9.47 Å². The predicted octanol–water partition coefficient (Wildman–Crippen LogP) is 8.01. The van der Waals surface area contributed by atoms with Crippen molar-refractivity contribution >= 4 is 69.9 Å². The second-order valence-corrected chi connectivity index (χ2v) is 12.2. The third-order valence-corrected chi connectivity index (χ3v) is 8.66. The normalized spacial score (nSPS) is 25.6. The first-order valence-corrected chi connectivity index (χ1v) is 15.5. The van der Waals surface area contributed by atoms with Gasteiger partial charge >= 0.3 is 11.9 Å². The molecule has 0 fully saturated rings. The molecule has 4 unspecified atom stereocenters. The van der Waals surface area contributed by atoms with Crippen molar-refractivity contribution in [3.05, 3.63) is 46.5 Å². The van der Waals surface area contributed by atoms with Gasteiger partial charge in [0.15, 0.2) is 33.5 Å². The van der Waals surface area contributed by atoms with E-state index in [1.807, 2.05) is 0 Å². The molecule has 0 aromatic carbocycles. The summed E-state index contributed by atoms with van der Waals surface area (Å²) in [5.41, 5.74) is 0. The van der Waals surface area contributed by atoms with Crippen LogP contribution in [0.3, 0.4) is 0 Å². The average Bonchev–Trinajstić information content (AvgIpc) is 2.92. The SMILES string of the molecule is CCCCCCCC(=O)C1(Cl)C=CC=C(Cl)C1OC(=O)C(=O)OC1C(Cl)=CC=CC1(Cl)C(=O)CCCCCCC. The molecule has 2 aliphatic carbocycles. The maximum Gasteiger partial charge on any atom is 0.418 e. The monoisotopic (exact) mass is 634 g/mol. The highest BCUT2D eigenvalue weighted by Crippen LogP contribution is 2.39. The number of rotatable bonds is 16. The Morgan fingerprint density at radius 2 is 1.00 bits per heavy atom. The topological polar surface area (TPSA) is 86.7 Å². The van der Waals surface area contributed by atoms with Gasteiger partial charge in [0.05, 0.1) is 10.1 Å².